The van der Waals surface area contributed by atoms with Crippen LogP contribution in [0.1, 0.15) is 44.7 Å². The van der Waals surface area contributed by atoms with Gasteiger partial charge in [-0.1, -0.05) is 55.8 Å². The lowest BCUT2D eigenvalue weighted by atomic mass is 10.1. The zero-order valence-electron chi connectivity index (χ0n) is 18.2. The summed E-state index contributed by atoms with van der Waals surface area (Å²) < 4.78 is 5.19. The molecule has 2 aromatic carbocycles. The molecular formula is C24H31ClN2O3. The fourth-order valence-corrected chi connectivity index (χ4v) is 3.39. The highest BCUT2D eigenvalue weighted by molar-refractivity contribution is 6.31. The molecule has 2 aromatic rings. The van der Waals surface area contributed by atoms with E-state index in [0.717, 1.165) is 23.3 Å². The van der Waals surface area contributed by atoms with Crippen LogP contribution >= 0.6 is 11.6 Å². The molecule has 0 saturated heterocycles. The first-order chi connectivity index (χ1) is 14.4. The van der Waals surface area contributed by atoms with Gasteiger partial charge in [-0.05, 0) is 49.1 Å². The van der Waals surface area contributed by atoms with Crippen LogP contribution < -0.4 is 10.1 Å². The molecule has 0 aliphatic rings. The zero-order chi connectivity index (χ0) is 22.1. The largest absolute Gasteiger partial charge is 0.497 e. The summed E-state index contributed by atoms with van der Waals surface area (Å²) in [6, 6.07) is 14.3. The van der Waals surface area contributed by atoms with Gasteiger partial charge >= 0.3 is 0 Å². The standard InChI is InChI=1S/C24H31ClN2O3/c1-5-17(3)26-24(29)22(6-2)27(16-19-9-7-8-10-21(19)25)23(28)15-18-11-13-20(30-4)14-12-18/h7-14,17,22H,5-6,15-16H2,1-4H3,(H,26,29)/t17-,22-/m0/s1. The van der Waals surface area contributed by atoms with Crippen molar-refractivity contribution >= 4 is 23.4 Å². The third-order valence-corrected chi connectivity index (χ3v) is 5.57. The molecule has 0 aliphatic carbocycles. The van der Waals surface area contributed by atoms with Gasteiger partial charge in [-0.15, -0.1) is 0 Å². The molecule has 0 aliphatic heterocycles. The van der Waals surface area contributed by atoms with Crippen LogP contribution in [0.25, 0.3) is 0 Å². The number of amides is 2. The lowest BCUT2D eigenvalue weighted by molar-refractivity contribution is -0.141. The maximum absolute atomic E-state index is 13.3. The summed E-state index contributed by atoms with van der Waals surface area (Å²) in [5.74, 6) is 0.478. The Kier molecular flexibility index (Phi) is 9.18. The average Bonchev–Trinajstić information content (AvgIpc) is 2.75. The van der Waals surface area contributed by atoms with E-state index in [-0.39, 0.29) is 30.8 Å². The Morgan fingerprint density at radius 1 is 1.07 bits per heavy atom. The lowest BCUT2D eigenvalue weighted by Crippen LogP contribution is -2.51. The maximum Gasteiger partial charge on any atom is 0.243 e. The van der Waals surface area contributed by atoms with Crippen LogP contribution in [0.5, 0.6) is 5.75 Å². The number of nitrogens with zero attached hydrogens (tertiary/aromatic N) is 1. The van der Waals surface area contributed by atoms with Crippen molar-refractivity contribution in [1.29, 1.82) is 0 Å². The molecule has 0 bridgehead atoms. The van der Waals surface area contributed by atoms with E-state index < -0.39 is 6.04 Å². The second-order valence-corrected chi connectivity index (χ2v) is 7.79. The van der Waals surface area contributed by atoms with Gasteiger partial charge in [0.2, 0.25) is 11.8 Å². The van der Waals surface area contributed by atoms with Crippen LogP contribution in [0.2, 0.25) is 5.02 Å². The van der Waals surface area contributed by atoms with Crippen LogP contribution in [-0.4, -0.2) is 35.9 Å². The van der Waals surface area contributed by atoms with Crippen molar-refractivity contribution in [1.82, 2.24) is 10.2 Å². The SMILES string of the molecule is CC[C@H](C)NC(=O)[C@H](CC)N(Cc1ccccc1Cl)C(=O)Cc1ccc(OC)cc1. The predicted octanol–water partition coefficient (Wildman–Crippen LogP) is 4.61. The highest BCUT2D eigenvalue weighted by atomic mass is 35.5. The average molecular weight is 431 g/mol. The minimum atomic E-state index is -0.568. The number of carbonyl (C=O) groups is 2. The molecular weight excluding hydrogens is 400 g/mol. The molecule has 0 saturated carbocycles. The number of carbonyl (C=O) groups excluding carboxylic acids is 2. The molecule has 30 heavy (non-hydrogen) atoms. The van der Waals surface area contributed by atoms with Crippen LogP contribution in [0.3, 0.4) is 0 Å². The smallest absolute Gasteiger partial charge is 0.243 e. The van der Waals surface area contributed by atoms with Crippen molar-refractivity contribution in [2.45, 2.75) is 58.7 Å². The van der Waals surface area contributed by atoms with Crippen molar-refractivity contribution in [3.8, 4) is 5.75 Å². The number of hydrogen-bond acceptors (Lipinski definition) is 3. The minimum absolute atomic E-state index is 0.0467. The first-order valence-electron chi connectivity index (χ1n) is 10.4. The Morgan fingerprint density at radius 2 is 1.73 bits per heavy atom. The van der Waals surface area contributed by atoms with Crippen LogP contribution in [0.15, 0.2) is 48.5 Å². The number of ether oxygens (including phenoxy) is 1. The van der Waals surface area contributed by atoms with Gasteiger partial charge in [-0.3, -0.25) is 9.59 Å². The fraction of sp³-hybridized carbons (Fsp3) is 0.417. The predicted molar refractivity (Wildman–Crippen MR) is 121 cm³/mol. The molecule has 0 radical (unpaired) electrons. The van der Waals surface area contributed by atoms with E-state index >= 15 is 0 Å². The van der Waals surface area contributed by atoms with E-state index in [4.69, 9.17) is 16.3 Å². The second kappa shape index (κ2) is 11.6. The summed E-state index contributed by atoms with van der Waals surface area (Å²) in [7, 11) is 1.60. The van der Waals surface area contributed by atoms with Gasteiger partial charge in [0.05, 0.1) is 13.5 Å². The third kappa shape index (κ3) is 6.49. The highest BCUT2D eigenvalue weighted by Crippen LogP contribution is 2.21. The molecule has 162 valence electrons. The van der Waals surface area contributed by atoms with Gasteiger partial charge in [0.1, 0.15) is 11.8 Å². The van der Waals surface area contributed by atoms with Gasteiger partial charge < -0.3 is 15.0 Å². The number of benzene rings is 2. The summed E-state index contributed by atoms with van der Waals surface area (Å²) in [5.41, 5.74) is 1.68. The minimum Gasteiger partial charge on any atom is -0.497 e. The first-order valence-corrected chi connectivity index (χ1v) is 10.7. The van der Waals surface area contributed by atoms with Crippen LogP contribution in [-0.2, 0) is 22.6 Å². The summed E-state index contributed by atoms with van der Waals surface area (Å²) in [4.78, 5) is 27.9. The van der Waals surface area contributed by atoms with Gasteiger partial charge in [0.15, 0.2) is 0 Å². The lowest BCUT2D eigenvalue weighted by Gasteiger charge is -2.32. The number of nitrogens with one attached hydrogen (secondary N) is 1. The second-order valence-electron chi connectivity index (χ2n) is 7.38. The molecule has 2 amide bonds. The normalized spacial score (nSPS) is 12.7. The summed E-state index contributed by atoms with van der Waals surface area (Å²) in [6.07, 6.45) is 1.54. The molecule has 0 fully saturated rings. The van der Waals surface area contributed by atoms with Gasteiger partial charge in [0, 0.05) is 17.6 Å². The Balaban J connectivity index is 2.29. The maximum atomic E-state index is 13.3. The van der Waals surface area contributed by atoms with Crippen molar-refractivity contribution in [2.24, 2.45) is 0 Å². The Hall–Kier alpha value is -2.53. The molecule has 2 atom stereocenters. The monoisotopic (exact) mass is 430 g/mol. The zero-order valence-corrected chi connectivity index (χ0v) is 18.9. The quantitative estimate of drug-likeness (QED) is 0.598. The van der Waals surface area contributed by atoms with E-state index in [9.17, 15) is 9.59 Å². The Morgan fingerprint density at radius 3 is 2.30 bits per heavy atom. The van der Waals surface area contributed by atoms with Crippen molar-refractivity contribution in [2.75, 3.05) is 7.11 Å². The summed E-state index contributed by atoms with van der Waals surface area (Å²) in [6.45, 7) is 6.17. The Labute approximate surface area is 184 Å². The van der Waals surface area contributed by atoms with E-state index in [1.54, 1.807) is 18.1 Å². The number of rotatable bonds is 10. The molecule has 5 nitrogen and oxygen atoms in total. The Bertz CT molecular complexity index is 839. The van der Waals surface area contributed by atoms with E-state index in [1.165, 1.54) is 0 Å². The van der Waals surface area contributed by atoms with Gasteiger partial charge in [-0.2, -0.15) is 0 Å². The van der Waals surface area contributed by atoms with Crippen molar-refractivity contribution in [3.63, 3.8) is 0 Å². The highest BCUT2D eigenvalue weighted by Gasteiger charge is 2.29. The molecule has 1 N–H and O–H groups in total. The molecule has 6 heteroatoms. The number of hydrogen-bond donors (Lipinski definition) is 1. The molecule has 0 unspecified atom stereocenters. The van der Waals surface area contributed by atoms with Crippen LogP contribution in [0, 0.1) is 0 Å². The number of halogens is 1. The van der Waals surface area contributed by atoms with Gasteiger partial charge in [-0.25, -0.2) is 0 Å². The molecule has 0 aromatic heterocycles. The summed E-state index contributed by atoms with van der Waals surface area (Å²) >= 11 is 6.35. The first kappa shape index (κ1) is 23.7. The van der Waals surface area contributed by atoms with Gasteiger partial charge in [0.25, 0.3) is 0 Å². The van der Waals surface area contributed by atoms with Crippen molar-refractivity contribution in [3.05, 3.63) is 64.7 Å². The topological polar surface area (TPSA) is 58.6 Å². The molecule has 0 heterocycles. The van der Waals surface area contributed by atoms with E-state index in [1.807, 2.05) is 63.2 Å². The molecule has 2 rings (SSSR count). The van der Waals surface area contributed by atoms with Crippen molar-refractivity contribution < 1.29 is 14.3 Å². The fourth-order valence-electron chi connectivity index (χ4n) is 3.19. The number of methoxy groups -OCH3 is 1. The molecule has 0 spiro atoms. The third-order valence-electron chi connectivity index (χ3n) is 5.20. The van der Waals surface area contributed by atoms with E-state index in [0.29, 0.717) is 11.4 Å². The van der Waals surface area contributed by atoms with E-state index in [2.05, 4.69) is 5.32 Å². The van der Waals surface area contributed by atoms with Crippen LogP contribution in [0.4, 0.5) is 0 Å². The summed E-state index contributed by atoms with van der Waals surface area (Å²) in [5, 5.41) is 3.59.